The smallest absolute Gasteiger partial charge is 0.273 e. The van der Waals surface area contributed by atoms with Crippen molar-refractivity contribution in [3.8, 4) is 6.07 Å². The first kappa shape index (κ1) is 17.1. The van der Waals surface area contributed by atoms with Gasteiger partial charge in [-0.05, 0) is 25.8 Å². The second kappa shape index (κ2) is 6.77. The second-order valence-electron chi connectivity index (χ2n) is 6.80. The number of carbonyl (C=O) groups excluding carboxylic acids is 1. The molecular weight excluding hydrogens is 346 g/mol. The minimum atomic E-state index is -0.300. The van der Waals surface area contributed by atoms with Crippen molar-refractivity contribution in [3.63, 3.8) is 0 Å². The lowest BCUT2D eigenvalue weighted by molar-refractivity contribution is 0.0871. The number of amides is 1. The lowest BCUT2D eigenvalue weighted by atomic mass is 9.66. The SMILES string of the molecule is CNC(=O)c1nnc(Nc2cnc(C#N)cn2)cc1NC1CC2(CCN2)C1. The summed E-state index contributed by atoms with van der Waals surface area (Å²) in [5.74, 6) is 0.564. The van der Waals surface area contributed by atoms with E-state index in [1.54, 1.807) is 13.1 Å². The first-order valence-electron chi connectivity index (χ1n) is 8.71. The minimum Gasteiger partial charge on any atom is -0.380 e. The summed E-state index contributed by atoms with van der Waals surface area (Å²) in [4.78, 5) is 20.2. The highest BCUT2D eigenvalue weighted by molar-refractivity contribution is 5.97. The third-order valence-electron chi connectivity index (χ3n) is 5.00. The molecule has 4 rings (SSSR count). The molecule has 1 aliphatic heterocycles. The summed E-state index contributed by atoms with van der Waals surface area (Å²) in [6.07, 6.45) is 6.05. The van der Waals surface area contributed by atoms with Crippen LogP contribution in [0.4, 0.5) is 17.3 Å². The number of nitrogens with zero attached hydrogens (tertiary/aromatic N) is 5. The molecule has 1 amide bonds. The van der Waals surface area contributed by atoms with Crippen molar-refractivity contribution < 1.29 is 4.79 Å². The van der Waals surface area contributed by atoms with Crippen molar-refractivity contribution >= 4 is 23.2 Å². The first-order chi connectivity index (χ1) is 13.1. The number of hydrogen-bond acceptors (Lipinski definition) is 9. The van der Waals surface area contributed by atoms with Gasteiger partial charge in [0.2, 0.25) is 0 Å². The molecule has 1 aliphatic carbocycles. The molecule has 1 saturated heterocycles. The number of hydrogen-bond donors (Lipinski definition) is 4. The third-order valence-corrected chi connectivity index (χ3v) is 5.00. The Morgan fingerprint density at radius 2 is 2.11 bits per heavy atom. The molecule has 2 aromatic rings. The number of anilines is 3. The van der Waals surface area contributed by atoms with Gasteiger partial charge in [-0.25, -0.2) is 9.97 Å². The van der Waals surface area contributed by atoms with Crippen molar-refractivity contribution in [3.05, 3.63) is 29.8 Å². The van der Waals surface area contributed by atoms with Gasteiger partial charge in [0.15, 0.2) is 17.2 Å². The quantitative estimate of drug-likeness (QED) is 0.597. The van der Waals surface area contributed by atoms with Gasteiger partial charge >= 0.3 is 0 Å². The number of nitrogens with one attached hydrogen (secondary N) is 4. The van der Waals surface area contributed by atoms with Crippen LogP contribution in [0.2, 0.25) is 0 Å². The molecular formula is C17H19N9O. The largest absolute Gasteiger partial charge is 0.380 e. The van der Waals surface area contributed by atoms with Crippen LogP contribution in [0.3, 0.4) is 0 Å². The summed E-state index contributed by atoms with van der Waals surface area (Å²) in [7, 11) is 1.56. The molecule has 0 atom stereocenters. The van der Waals surface area contributed by atoms with E-state index in [1.165, 1.54) is 18.8 Å². The van der Waals surface area contributed by atoms with E-state index in [0.717, 1.165) is 19.4 Å². The van der Waals surface area contributed by atoms with E-state index in [9.17, 15) is 4.79 Å². The second-order valence-corrected chi connectivity index (χ2v) is 6.80. The zero-order chi connectivity index (χ0) is 18.9. The van der Waals surface area contributed by atoms with Gasteiger partial charge in [0, 0.05) is 24.7 Å². The van der Waals surface area contributed by atoms with E-state index in [4.69, 9.17) is 5.26 Å². The molecule has 2 fully saturated rings. The maximum absolute atomic E-state index is 12.1. The Kier molecular flexibility index (Phi) is 4.29. The Bertz CT molecular complexity index is 894. The van der Waals surface area contributed by atoms with Gasteiger partial charge in [0.1, 0.15) is 11.9 Å². The van der Waals surface area contributed by atoms with Crippen LogP contribution >= 0.6 is 0 Å². The Balaban J connectivity index is 1.52. The van der Waals surface area contributed by atoms with Gasteiger partial charge in [-0.3, -0.25) is 4.79 Å². The zero-order valence-corrected chi connectivity index (χ0v) is 14.8. The molecule has 138 valence electrons. The average molecular weight is 365 g/mol. The molecule has 10 heteroatoms. The van der Waals surface area contributed by atoms with Crippen LogP contribution in [0.25, 0.3) is 0 Å². The molecule has 2 aliphatic rings. The van der Waals surface area contributed by atoms with Crippen LogP contribution < -0.4 is 21.3 Å². The maximum atomic E-state index is 12.1. The highest BCUT2D eigenvalue weighted by Gasteiger charge is 2.48. The van der Waals surface area contributed by atoms with Gasteiger partial charge in [0.05, 0.1) is 18.1 Å². The van der Waals surface area contributed by atoms with E-state index in [2.05, 4.69) is 41.4 Å². The molecule has 2 aromatic heterocycles. The minimum absolute atomic E-state index is 0.229. The number of aromatic nitrogens is 4. The predicted molar refractivity (Wildman–Crippen MR) is 97.4 cm³/mol. The molecule has 0 bridgehead atoms. The zero-order valence-electron chi connectivity index (χ0n) is 14.8. The van der Waals surface area contributed by atoms with Gasteiger partial charge in [-0.2, -0.15) is 5.26 Å². The summed E-state index contributed by atoms with van der Waals surface area (Å²) >= 11 is 0. The Hall–Kier alpha value is -3.32. The monoisotopic (exact) mass is 365 g/mol. The summed E-state index contributed by atoms with van der Waals surface area (Å²) in [5, 5.41) is 29.3. The molecule has 3 heterocycles. The van der Waals surface area contributed by atoms with Gasteiger partial charge in [-0.15, -0.1) is 10.2 Å². The van der Waals surface area contributed by atoms with Crippen LogP contribution in [-0.2, 0) is 0 Å². The molecule has 1 saturated carbocycles. The van der Waals surface area contributed by atoms with Gasteiger partial charge in [0.25, 0.3) is 5.91 Å². The van der Waals surface area contributed by atoms with Gasteiger partial charge < -0.3 is 21.3 Å². The van der Waals surface area contributed by atoms with Crippen LogP contribution in [0.15, 0.2) is 18.5 Å². The van der Waals surface area contributed by atoms with Crippen molar-refractivity contribution in [1.82, 2.24) is 30.8 Å². The number of carbonyl (C=O) groups is 1. The summed E-state index contributed by atoms with van der Waals surface area (Å²) in [5.41, 5.74) is 1.38. The highest BCUT2D eigenvalue weighted by atomic mass is 16.1. The lowest BCUT2D eigenvalue weighted by Gasteiger charge is -2.55. The van der Waals surface area contributed by atoms with Crippen molar-refractivity contribution in [2.75, 3.05) is 24.2 Å². The van der Waals surface area contributed by atoms with Gasteiger partial charge in [-0.1, -0.05) is 0 Å². The lowest BCUT2D eigenvalue weighted by Crippen LogP contribution is -2.67. The van der Waals surface area contributed by atoms with Crippen LogP contribution in [0.1, 0.15) is 35.4 Å². The molecule has 27 heavy (non-hydrogen) atoms. The van der Waals surface area contributed by atoms with E-state index >= 15 is 0 Å². The number of rotatable bonds is 5. The molecule has 0 radical (unpaired) electrons. The van der Waals surface area contributed by atoms with Crippen molar-refractivity contribution in [2.24, 2.45) is 0 Å². The van der Waals surface area contributed by atoms with Crippen LogP contribution in [0.5, 0.6) is 0 Å². The summed E-state index contributed by atoms with van der Waals surface area (Å²) in [6.45, 7) is 1.08. The third kappa shape index (κ3) is 3.37. The fraction of sp³-hybridized carbons (Fsp3) is 0.412. The van der Waals surface area contributed by atoms with Crippen molar-refractivity contribution in [2.45, 2.75) is 30.8 Å². The first-order valence-corrected chi connectivity index (χ1v) is 8.71. The van der Waals surface area contributed by atoms with E-state index in [0.29, 0.717) is 17.3 Å². The fourth-order valence-electron chi connectivity index (χ4n) is 3.46. The van der Waals surface area contributed by atoms with E-state index < -0.39 is 0 Å². The fourth-order valence-corrected chi connectivity index (χ4v) is 3.46. The molecule has 10 nitrogen and oxygen atoms in total. The Labute approximate surface area is 155 Å². The molecule has 0 unspecified atom stereocenters. The normalized spacial score (nSPS) is 22.9. The predicted octanol–water partition coefficient (Wildman–Crippen LogP) is 0.548. The van der Waals surface area contributed by atoms with Crippen LogP contribution in [0, 0.1) is 11.3 Å². The van der Waals surface area contributed by atoms with E-state index in [-0.39, 0.29) is 28.9 Å². The topological polar surface area (TPSA) is 141 Å². The average Bonchev–Trinajstić information content (AvgIpc) is 2.63. The maximum Gasteiger partial charge on any atom is 0.273 e. The summed E-state index contributed by atoms with van der Waals surface area (Å²) < 4.78 is 0. The Morgan fingerprint density at radius 3 is 2.70 bits per heavy atom. The summed E-state index contributed by atoms with van der Waals surface area (Å²) in [6, 6.07) is 3.93. The van der Waals surface area contributed by atoms with E-state index in [1.807, 2.05) is 6.07 Å². The standard InChI is InChI=1S/C17H19N9O/c1-19-16(27)15-12(23-10-5-17(6-10)2-3-22-17)4-13(25-26-15)24-14-9-20-11(7-18)8-21-14/h4,8-10,22H,2-3,5-6H2,1H3,(H,19,27)(H2,21,23,24,25). The van der Waals surface area contributed by atoms with Crippen LogP contribution in [-0.4, -0.2) is 51.2 Å². The Morgan fingerprint density at radius 1 is 1.30 bits per heavy atom. The molecule has 1 spiro atoms. The molecule has 0 aromatic carbocycles. The van der Waals surface area contributed by atoms with Crippen molar-refractivity contribution in [1.29, 1.82) is 5.26 Å². The highest BCUT2D eigenvalue weighted by Crippen LogP contribution is 2.41. The number of nitriles is 1. The molecule has 4 N–H and O–H groups in total.